The van der Waals surface area contributed by atoms with Gasteiger partial charge in [0.1, 0.15) is 0 Å². The lowest BCUT2D eigenvalue weighted by atomic mass is 10.1. The molecular formula is C15H22N2O2S. The Hall–Kier alpha value is -1.49. The van der Waals surface area contributed by atoms with Gasteiger partial charge in [-0.1, -0.05) is 30.3 Å². The molecule has 0 aliphatic carbocycles. The summed E-state index contributed by atoms with van der Waals surface area (Å²) in [7, 11) is 3.37. The van der Waals surface area contributed by atoms with E-state index in [1.165, 1.54) is 4.90 Å². The van der Waals surface area contributed by atoms with Crippen LogP contribution in [0.1, 0.15) is 12.5 Å². The number of rotatable bonds is 6. The van der Waals surface area contributed by atoms with E-state index >= 15 is 0 Å². The second kappa shape index (κ2) is 7.94. The molecule has 1 unspecified atom stereocenters. The second-order valence-electron chi connectivity index (χ2n) is 4.85. The van der Waals surface area contributed by atoms with Crippen molar-refractivity contribution in [2.45, 2.75) is 18.6 Å². The number of carbonyl (C=O) groups excluding carboxylic acids is 2. The van der Waals surface area contributed by atoms with Crippen LogP contribution < -0.4 is 0 Å². The first-order valence-corrected chi connectivity index (χ1v) is 7.18. The first kappa shape index (κ1) is 16.6. The third-order valence-corrected chi connectivity index (χ3v) is 3.48. The highest BCUT2D eigenvalue weighted by molar-refractivity contribution is 7.81. The largest absolute Gasteiger partial charge is 0.347 e. The fraction of sp³-hybridized carbons (Fsp3) is 0.467. The molecule has 5 heteroatoms. The maximum absolute atomic E-state index is 12.3. The van der Waals surface area contributed by atoms with Gasteiger partial charge >= 0.3 is 0 Å². The average molecular weight is 294 g/mol. The lowest BCUT2D eigenvalue weighted by molar-refractivity contribution is -0.138. The summed E-state index contributed by atoms with van der Waals surface area (Å²) in [6.45, 7) is 2.47. The molecule has 1 aromatic carbocycles. The number of hydrogen-bond donors (Lipinski definition) is 1. The fourth-order valence-electron chi connectivity index (χ4n) is 1.79. The zero-order valence-electron chi connectivity index (χ0n) is 12.2. The molecule has 110 valence electrons. The van der Waals surface area contributed by atoms with Crippen LogP contribution in [-0.2, 0) is 16.0 Å². The van der Waals surface area contributed by atoms with Gasteiger partial charge in [0.15, 0.2) is 0 Å². The van der Waals surface area contributed by atoms with E-state index in [1.54, 1.807) is 19.0 Å². The molecule has 1 aromatic rings. The normalized spacial score (nSPS) is 11.8. The molecule has 20 heavy (non-hydrogen) atoms. The van der Waals surface area contributed by atoms with E-state index in [4.69, 9.17) is 0 Å². The maximum atomic E-state index is 12.3. The average Bonchev–Trinajstić information content (AvgIpc) is 2.44. The number of hydrogen-bond acceptors (Lipinski definition) is 3. The van der Waals surface area contributed by atoms with E-state index in [0.29, 0.717) is 13.0 Å². The van der Waals surface area contributed by atoms with Crippen LogP contribution in [0.25, 0.3) is 0 Å². The van der Waals surface area contributed by atoms with Crippen molar-refractivity contribution in [3.05, 3.63) is 35.9 Å². The van der Waals surface area contributed by atoms with Crippen LogP contribution in [0.3, 0.4) is 0 Å². The summed E-state index contributed by atoms with van der Waals surface area (Å²) in [5, 5.41) is -0.424. The summed E-state index contributed by atoms with van der Waals surface area (Å²) >= 11 is 4.39. The first-order chi connectivity index (χ1) is 9.45. The van der Waals surface area contributed by atoms with Gasteiger partial charge in [0, 0.05) is 20.6 Å². The molecule has 0 N–H and O–H groups in total. The van der Waals surface area contributed by atoms with Gasteiger partial charge in [-0.05, 0) is 18.9 Å². The van der Waals surface area contributed by atoms with Gasteiger partial charge in [-0.25, -0.2) is 0 Å². The van der Waals surface area contributed by atoms with Crippen molar-refractivity contribution < 1.29 is 9.59 Å². The highest BCUT2D eigenvalue weighted by Crippen LogP contribution is 2.11. The topological polar surface area (TPSA) is 40.6 Å². The van der Waals surface area contributed by atoms with Crippen LogP contribution in [0.4, 0.5) is 0 Å². The highest BCUT2D eigenvalue weighted by atomic mass is 32.1. The molecule has 0 aliphatic heterocycles. The first-order valence-electron chi connectivity index (χ1n) is 6.66. The maximum Gasteiger partial charge on any atom is 0.241 e. The van der Waals surface area contributed by atoms with Crippen LogP contribution in [0.2, 0.25) is 0 Å². The van der Waals surface area contributed by atoms with Crippen molar-refractivity contribution in [1.29, 1.82) is 0 Å². The third-order valence-electron chi connectivity index (χ3n) is 3.08. The third kappa shape index (κ3) is 4.89. The minimum Gasteiger partial charge on any atom is -0.347 e. The number of benzene rings is 1. The van der Waals surface area contributed by atoms with E-state index < -0.39 is 5.25 Å². The Morgan fingerprint density at radius 2 is 1.80 bits per heavy atom. The molecule has 0 radical (unpaired) electrons. The van der Waals surface area contributed by atoms with Crippen molar-refractivity contribution in [3.8, 4) is 0 Å². The second-order valence-corrected chi connectivity index (χ2v) is 5.47. The van der Waals surface area contributed by atoms with Gasteiger partial charge < -0.3 is 9.80 Å². The molecule has 0 bridgehead atoms. The van der Waals surface area contributed by atoms with E-state index in [1.807, 2.05) is 37.3 Å². The van der Waals surface area contributed by atoms with Crippen molar-refractivity contribution in [1.82, 2.24) is 9.80 Å². The van der Waals surface area contributed by atoms with Gasteiger partial charge in [-0.3, -0.25) is 9.59 Å². The molecular weight excluding hydrogens is 272 g/mol. The van der Waals surface area contributed by atoms with Crippen molar-refractivity contribution >= 4 is 24.4 Å². The number of carbonyl (C=O) groups is 2. The number of amides is 2. The molecule has 0 aromatic heterocycles. The lowest BCUT2D eigenvalue weighted by Crippen LogP contribution is -2.43. The fourth-order valence-corrected chi connectivity index (χ4v) is 2.16. The molecule has 0 heterocycles. The summed E-state index contributed by atoms with van der Waals surface area (Å²) in [5.74, 6) is -0.185. The van der Waals surface area contributed by atoms with Crippen LogP contribution in [-0.4, -0.2) is 54.0 Å². The smallest absolute Gasteiger partial charge is 0.241 e. The minimum absolute atomic E-state index is 0.0829. The van der Waals surface area contributed by atoms with Gasteiger partial charge in [0.25, 0.3) is 0 Å². The Balaban J connectivity index is 2.63. The Labute approximate surface area is 126 Å². The van der Waals surface area contributed by atoms with Gasteiger partial charge in [-0.2, -0.15) is 12.6 Å². The summed E-state index contributed by atoms with van der Waals surface area (Å²) in [4.78, 5) is 27.1. The summed E-state index contributed by atoms with van der Waals surface area (Å²) in [6.07, 6.45) is 0.565. The summed E-state index contributed by atoms with van der Waals surface area (Å²) in [6, 6.07) is 9.75. The molecule has 0 aliphatic rings. The lowest BCUT2D eigenvalue weighted by Gasteiger charge is -2.25. The number of thiol groups is 1. The quantitative estimate of drug-likeness (QED) is 0.807. The summed E-state index contributed by atoms with van der Waals surface area (Å²) < 4.78 is 0. The summed E-state index contributed by atoms with van der Waals surface area (Å²) in [5.41, 5.74) is 1.07. The minimum atomic E-state index is -0.424. The Kier molecular flexibility index (Phi) is 6.58. The zero-order chi connectivity index (χ0) is 15.1. The number of nitrogens with zero attached hydrogens (tertiary/aromatic N) is 2. The Morgan fingerprint density at radius 3 is 2.30 bits per heavy atom. The predicted octanol–water partition coefficient (Wildman–Crippen LogP) is 1.46. The molecule has 2 amide bonds. The van der Waals surface area contributed by atoms with Crippen LogP contribution >= 0.6 is 12.6 Å². The molecule has 0 spiro atoms. The molecule has 4 nitrogen and oxygen atoms in total. The molecule has 1 atom stereocenters. The number of likely N-dealkylation sites (N-methyl/N-ethyl adjacent to an activating group) is 2. The van der Waals surface area contributed by atoms with Gasteiger partial charge in [0.2, 0.25) is 11.8 Å². The molecule has 0 saturated carbocycles. The van der Waals surface area contributed by atoms with Gasteiger partial charge in [0.05, 0.1) is 11.8 Å². The predicted molar refractivity (Wildman–Crippen MR) is 83.9 cm³/mol. The standard InChI is InChI=1S/C15H22N2O2S/c1-4-17(11-14(18)16(2)3)15(19)13(20)10-12-8-6-5-7-9-12/h5-9,13,20H,4,10-11H2,1-3H3. The van der Waals surface area contributed by atoms with Crippen LogP contribution in [0, 0.1) is 0 Å². The van der Waals surface area contributed by atoms with E-state index in [2.05, 4.69) is 12.6 Å². The molecule has 0 saturated heterocycles. The van der Waals surface area contributed by atoms with Crippen molar-refractivity contribution in [2.24, 2.45) is 0 Å². The van der Waals surface area contributed by atoms with Crippen molar-refractivity contribution in [3.63, 3.8) is 0 Å². The molecule has 0 fully saturated rings. The van der Waals surface area contributed by atoms with Gasteiger partial charge in [-0.15, -0.1) is 0 Å². The zero-order valence-corrected chi connectivity index (χ0v) is 13.1. The molecule has 1 rings (SSSR count). The Bertz CT molecular complexity index is 448. The Morgan fingerprint density at radius 1 is 1.20 bits per heavy atom. The monoisotopic (exact) mass is 294 g/mol. The van der Waals surface area contributed by atoms with Crippen LogP contribution in [0.15, 0.2) is 30.3 Å². The van der Waals surface area contributed by atoms with E-state index in [9.17, 15) is 9.59 Å². The van der Waals surface area contributed by atoms with E-state index in [0.717, 1.165) is 5.56 Å². The SMILES string of the molecule is CCN(CC(=O)N(C)C)C(=O)C(S)Cc1ccccc1. The highest BCUT2D eigenvalue weighted by Gasteiger charge is 2.22. The van der Waals surface area contributed by atoms with E-state index in [-0.39, 0.29) is 18.4 Å². The van der Waals surface area contributed by atoms with Crippen molar-refractivity contribution in [2.75, 3.05) is 27.2 Å². The van der Waals surface area contributed by atoms with Crippen LogP contribution in [0.5, 0.6) is 0 Å².